The molecule has 0 aliphatic rings. The molecule has 0 spiro atoms. The van der Waals surface area contributed by atoms with Crippen molar-refractivity contribution in [2.24, 2.45) is 0 Å². The Morgan fingerprint density at radius 2 is 2.00 bits per heavy atom. The van der Waals surface area contributed by atoms with Crippen LogP contribution in [0.5, 0.6) is 11.5 Å². The highest BCUT2D eigenvalue weighted by Crippen LogP contribution is 2.29. The average molecular weight is 315 g/mol. The minimum atomic E-state index is -0.489. The summed E-state index contributed by atoms with van der Waals surface area (Å²) in [6, 6.07) is 10.8. The van der Waals surface area contributed by atoms with E-state index >= 15 is 0 Å². The second kappa shape index (κ2) is 7.98. The van der Waals surface area contributed by atoms with Gasteiger partial charge in [0.05, 0.1) is 12.3 Å². The normalized spacial score (nSPS) is 10.0. The summed E-state index contributed by atoms with van der Waals surface area (Å²) in [7, 11) is 0. The number of ether oxygens (including phenoxy) is 2. The van der Waals surface area contributed by atoms with Crippen molar-refractivity contribution < 1.29 is 18.7 Å². The second-order valence-electron chi connectivity index (χ2n) is 4.63. The van der Waals surface area contributed by atoms with Gasteiger partial charge in [-0.05, 0) is 37.3 Å². The molecule has 23 heavy (non-hydrogen) atoms. The molecule has 0 radical (unpaired) electrons. The maximum absolute atomic E-state index is 13.6. The molecule has 120 valence electrons. The smallest absolute Gasteiger partial charge is 0.255 e. The Kier molecular flexibility index (Phi) is 5.74. The van der Waals surface area contributed by atoms with E-state index in [1.54, 1.807) is 36.4 Å². The van der Waals surface area contributed by atoms with Crippen molar-refractivity contribution in [3.63, 3.8) is 0 Å². The summed E-state index contributed by atoms with van der Waals surface area (Å²) in [5.41, 5.74) is 0.477. The van der Waals surface area contributed by atoms with Gasteiger partial charge in [-0.15, -0.1) is 0 Å². The third-order valence-corrected chi connectivity index (χ3v) is 2.98. The fourth-order valence-corrected chi connectivity index (χ4v) is 1.94. The van der Waals surface area contributed by atoms with Gasteiger partial charge in [0.15, 0.2) is 11.5 Å². The first kappa shape index (κ1) is 16.5. The van der Waals surface area contributed by atoms with Gasteiger partial charge in [-0.25, -0.2) is 4.39 Å². The molecule has 2 rings (SSSR count). The van der Waals surface area contributed by atoms with E-state index in [0.29, 0.717) is 30.3 Å². The second-order valence-corrected chi connectivity index (χ2v) is 4.63. The number of anilines is 1. The van der Waals surface area contributed by atoms with E-state index < -0.39 is 11.7 Å². The zero-order valence-corrected chi connectivity index (χ0v) is 12.8. The van der Waals surface area contributed by atoms with E-state index in [0.717, 1.165) is 0 Å². The highest BCUT2D eigenvalue weighted by molar-refractivity contribution is 6.04. The number of rotatable bonds is 7. The molecule has 1 N–H and O–H groups in total. The highest BCUT2D eigenvalue weighted by atomic mass is 19.1. The molecule has 5 heteroatoms. The maximum atomic E-state index is 13.6. The molecule has 0 atom stereocenters. The summed E-state index contributed by atoms with van der Waals surface area (Å²) in [6.45, 7) is 6.19. The van der Waals surface area contributed by atoms with Gasteiger partial charge in [0, 0.05) is 5.56 Å². The lowest BCUT2D eigenvalue weighted by molar-refractivity contribution is 0.102. The molecule has 0 aromatic heterocycles. The van der Waals surface area contributed by atoms with Crippen LogP contribution in [0.4, 0.5) is 10.1 Å². The molecule has 2 aromatic carbocycles. The molecule has 0 saturated heterocycles. The lowest BCUT2D eigenvalue weighted by atomic mass is 10.1. The quantitative estimate of drug-likeness (QED) is 0.784. The molecule has 0 saturated carbocycles. The van der Waals surface area contributed by atoms with Crippen LogP contribution in [0.15, 0.2) is 55.1 Å². The fraction of sp³-hybridized carbons (Fsp3) is 0.167. The summed E-state index contributed by atoms with van der Waals surface area (Å²) in [6.07, 6.45) is 1.62. The molecular weight excluding hydrogens is 297 g/mol. The predicted octanol–water partition coefficient (Wildman–Crippen LogP) is 4.04. The Balaban J connectivity index is 2.21. The van der Waals surface area contributed by atoms with E-state index in [-0.39, 0.29) is 5.69 Å². The lowest BCUT2D eigenvalue weighted by Gasteiger charge is -2.12. The summed E-state index contributed by atoms with van der Waals surface area (Å²) in [5, 5.41) is 2.53. The zero-order chi connectivity index (χ0) is 16.7. The summed E-state index contributed by atoms with van der Waals surface area (Å²) < 4.78 is 24.6. The van der Waals surface area contributed by atoms with Crippen LogP contribution in [0.3, 0.4) is 0 Å². The van der Waals surface area contributed by atoms with Crippen LogP contribution in [0, 0.1) is 5.82 Å². The van der Waals surface area contributed by atoms with Gasteiger partial charge in [0.1, 0.15) is 12.4 Å². The van der Waals surface area contributed by atoms with Gasteiger partial charge in [-0.1, -0.05) is 24.8 Å². The Morgan fingerprint density at radius 1 is 1.22 bits per heavy atom. The number of halogens is 1. The van der Waals surface area contributed by atoms with Gasteiger partial charge in [0.2, 0.25) is 0 Å². The van der Waals surface area contributed by atoms with Crippen LogP contribution in [0.25, 0.3) is 0 Å². The molecule has 0 aliphatic carbocycles. The molecule has 2 aromatic rings. The number of hydrogen-bond acceptors (Lipinski definition) is 3. The molecular formula is C18H18FNO3. The van der Waals surface area contributed by atoms with E-state index in [1.807, 2.05) is 6.92 Å². The Bertz CT molecular complexity index is 700. The predicted molar refractivity (Wildman–Crippen MR) is 87.7 cm³/mol. The van der Waals surface area contributed by atoms with Crippen molar-refractivity contribution >= 4 is 11.6 Å². The minimum absolute atomic E-state index is 0.127. The van der Waals surface area contributed by atoms with Crippen molar-refractivity contribution in [3.05, 3.63) is 66.5 Å². The van der Waals surface area contributed by atoms with Crippen molar-refractivity contribution in [2.45, 2.75) is 6.92 Å². The first-order valence-electron chi connectivity index (χ1n) is 7.22. The van der Waals surface area contributed by atoms with Crippen LogP contribution in [0.2, 0.25) is 0 Å². The number of carbonyl (C=O) groups excluding carboxylic acids is 1. The van der Waals surface area contributed by atoms with Crippen molar-refractivity contribution in [2.75, 3.05) is 18.5 Å². The van der Waals surface area contributed by atoms with Gasteiger partial charge in [-0.3, -0.25) is 4.79 Å². The van der Waals surface area contributed by atoms with Gasteiger partial charge in [-0.2, -0.15) is 0 Å². The maximum Gasteiger partial charge on any atom is 0.255 e. The summed E-state index contributed by atoms with van der Waals surface area (Å²) in [5.74, 6) is 0.0628. The number of nitrogens with one attached hydrogen (secondary N) is 1. The largest absolute Gasteiger partial charge is 0.490 e. The number of carbonyl (C=O) groups is 1. The Morgan fingerprint density at radius 3 is 2.70 bits per heavy atom. The first-order chi connectivity index (χ1) is 11.2. The SMILES string of the molecule is C=CCOc1ccc(C(=O)Nc2ccccc2F)cc1OCC. The molecule has 0 unspecified atom stereocenters. The van der Waals surface area contributed by atoms with E-state index in [9.17, 15) is 9.18 Å². The topological polar surface area (TPSA) is 47.6 Å². The van der Waals surface area contributed by atoms with Crippen molar-refractivity contribution in [3.8, 4) is 11.5 Å². The third-order valence-electron chi connectivity index (χ3n) is 2.98. The van der Waals surface area contributed by atoms with Crippen LogP contribution in [-0.2, 0) is 0 Å². The van der Waals surface area contributed by atoms with Crippen LogP contribution >= 0.6 is 0 Å². The van der Waals surface area contributed by atoms with Crippen LogP contribution in [0.1, 0.15) is 17.3 Å². The van der Waals surface area contributed by atoms with Crippen LogP contribution in [-0.4, -0.2) is 19.1 Å². The average Bonchev–Trinajstić information content (AvgIpc) is 2.56. The van der Waals surface area contributed by atoms with Crippen LogP contribution < -0.4 is 14.8 Å². The Hall–Kier alpha value is -2.82. The summed E-state index contributed by atoms with van der Waals surface area (Å²) >= 11 is 0. The van der Waals surface area contributed by atoms with E-state index in [2.05, 4.69) is 11.9 Å². The minimum Gasteiger partial charge on any atom is -0.490 e. The number of hydrogen-bond donors (Lipinski definition) is 1. The van der Waals surface area contributed by atoms with Gasteiger partial charge < -0.3 is 14.8 Å². The van der Waals surface area contributed by atoms with E-state index in [1.165, 1.54) is 12.1 Å². The van der Waals surface area contributed by atoms with Gasteiger partial charge >= 0.3 is 0 Å². The number of para-hydroxylation sites is 1. The molecule has 0 heterocycles. The van der Waals surface area contributed by atoms with E-state index in [4.69, 9.17) is 9.47 Å². The third kappa shape index (κ3) is 4.32. The Labute approximate surface area is 134 Å². The zero-order valence-electron chi connectivity index (χ0n) is 12.8. The van der Waals surface area contributed by atoms with Crippen molar-refractivity contribution in [1.82, 2.24) is 0 Å². The fourth-order valence-electron chi connectivity index (χ4n) is 1.94. The first-order valence-corrected chi connectivity index (χ1v) is 7.22. The number of amides is 1. The highest BCUT2D eigenvalue weighted by Gasteiger charge is 2.13. The molecule has 1 amide bonds. The monoisotopic (exact) mass is 315 g/mol. The summed E-state index contributed by atoms with van der Waals surface area (Å²) in [4.78, 5) is 12.3. The van der Waals surface area contributed by atoms with Gasteiger partial charge in [0.25, 0.3) is 5.91 Å². The standard InChI is InChI=1S/C18H18FNO3/c1-3-11-23-16-10-9-13(12-17(16)22-4-2)18(21)20-15-8-6-5-7-14(15)19/h3,5-10,12H,1,4,11H2,2H3,(H,20,21). The lowest BCUT2D eigenvalue weighted by Crippen LogP contribution is -2.13. The number of benzene rings is 2. The molecule has 0 bridgehead atoms. The van der Waals surface area contributed by atoms with Crippen molar-refractivity contribution in [1.29, 1.82) is 0 Å². The molecule has 0 fully saturated rings. The molecule has 4 nitrogen and oxygen atoms in total. The molecule has 0 aliphatic heterocycles.